The standard InChI is InChI=1S/C26H39N5O2/c1-25-11-9-19(28-33-14-13-31-17-20(27-29-31)16-30(3)4)15-18(25)5-6-21-22-7-8-24(32)26(22,2)12-10-23(21)25/h15,17,21-23H,5-14,16H2,1-4H3/t21?,22?,23?,25-,26-/m0/s1. The Bertz CT molecular complexity index is 966. The van der Waals surface area contributed by atoms with Crippen molar-refractivity contribution in [1.82, 2.24) is 19.9 Å². The first-order chi connectivity index (χ1) is 15.8. The molecule has 0 aromatic carbocycles. The minimum atomic E-state index is -0.0365. The van der Waals surface area contributed by atoms with Gasteiger partial charge in [0.15, 0.2) is 0 Å². The summed E-state index contributed by atoms with van der Waals surface area (Å²) in [5.74, 6) is 2.57. The van der Waals surface area contributed by atoms with Crippen LogP contribution in [0.1, 0.15) is 70.9 Å². The molecule has 33 heavy (non-hydrogen) atoms. The van der Waals surface area contributed by atoms with Gasteiger partial charge >= 0.3 is 0 Å². The lowest BCUT2D eigenvalue weighted by Gasteiger charge is -2.57. The number of ketones is 1. The molecule has 1 heterocycles. The topological polar surface area (TPSA) is 72.6 Å². The van der Waals surface area contributed by atoms with Crippen molar-refractivity contribution >= 4 is 11.5 Å². The van der Waals surface area contributed by atoms with Crippen LogP contribution in [0.2, 0.25) is 0 Å². The Kier molecular flexibility index (Phi) is 5.96. The number of rotatable bonds is 6. The molecule has 0 bridgehead atoms. The SMILES string of the molecule is CN(C)Cc1cn(CCON=C2C=C3CCC4C(CC[C@]5(C)C(=O)CCC45)[C@@]3(C)CC2)nn1. The minimum Gasteiger partial charge on any atom is -0.394 e. The molecule has 4 aliphatic carbocycles. The van der Waals surface area contributed by atoms with E-state index in [2.05, 4.69) is 40.3 Å². The number of allylic oxidation sites excluding steroid dienone is 2. The van der Waals surface area contributed by atoms with Crippen molar-refractivity contribution in [3.63, 3.8) is 0 Å². The van der Waals surface area contributed by atoms with Crippen LogP contribution in [0, 0.1) is 28.6 Å². The minimum absolute atomic E-state index is 0.0365. The van der Waals surface area contributed by atoms with Crippen LogP contribution in [0.5, 0.6) is 0 Å². The van der Waals surface area contributed by atoms with Gasteiger partial charge in [0.05, 0.1) is 18.0 Å². The van der Waals surface area contributed by atoms with Gasteiger partial charge in [0.2, 0.25) is 0 Å². The molecule has 4 aliphatic rings. The first kappa shape index (κ1) is 22.8. The summed E-state index contributed by atoms with van der Waals surface area (Å²) in [7, 11) is 4.05. The van der Waals surface area contributed by atoms with Crippen LogP contribution in [0.25, 0.3) is 0 Å². The van der Waals surface area contributed by atoms with Crippen LogP contribution in [0.15, 0.2) is 23.0 Å². The van der Waals surface area contributed by atoms with Crippen molar-refractivity contribution in [2.75, 3.05) is 20.7 Å². The monoisotopic (exact) mass is 453 g/mol. The number of Topliss-reactive ketones (excluding diaryl/α,β-unsaturated/α-hetero) is 1. The average Bonchev–Trinajstić information content (AvgIpc) is 3.34. The molecule has 0 saturated heterocycles. The van der Waals surface area contributed by atoms with Crippen LogP contribution in [0.3, 0.4) is 0 Å². The van der Waals surface area contributed by atoms with E-state index < -0.39 is 0 Å². The van der Waals surface area contributed by atoms with E-state index in [1.807, 2.05) is 25.0 Å². The highest BCUT2D eigenvalue weighted by atomic mass is 16.6. The van der Waals surface area contributed by atoms with Gasteiger partial charge in [-0.25, -0.2) is 4.68 Å². The molecule has 3 fully saturated rings. The van der Waals surface area contributed by atoms with Crippen LogP contribution >= 0.6 is 0 Å². The highest BCUT2D eigenvalue weighted by Gasteiger charge is 2.58. The fraction of sp³-hybridized carbons (Fsp3) is 0.769. The highest BCUT2D eigenvalue weighted by molar-refractivity contribution is 5.96. The Labute approximate surface area is 197 Å². The number of oxime groups is 1. The summed E-state index contributed by atoms with van der Waals surface area (Å²) in [5, 5.41) is 12.8. The first-order valence-corrected chi connectivity index (χ1v) is 12.8. The van der Waals surface area contributed by atoms with E-state index in [4.69, 9.17) is 4.84 Å². The number of fused-ring (bicyclic) bond motifs is 5. The Morgan fingerprint density at radius 3 is 2.76 bits per heavy atom. The second-order valence-electron chi connectivity index (χ2n) is 11.5. The highest BCUT2D eigenvalue weighted by Crippen LogP contribution is 2.64. The Hall–Kier alpha value is -2.02. The summed E-state index contributed by atoms with van der Waals surface area (Å²) in [4.78, 5) is 20.4. The maximum atomic E-state index is 12.6. The van der Waals surface area contributed by atoms with Gasteiger partial charge in [-0.1, -0.05) is 29.8 Å². The van der Waals surface area contributed by atoms with Gasteiger partial charge in [-0.3, -0.25) is 4.79 Å². The predicted octanol–water partition coefficient (Wildman–Crippen LogP) is 4.24. The summed E-state index contributed by atoms with van der Waals surface area (Å²) in [5.41, 5.74) is 3.83. The number of nitrogens with zero attached hydrogens (tertiary/aromatic N) is 5. The van der Waals surface area contributed by atoms with Gasteiger partial charge in [-0.05, 0) is 88.3 Å². The third kappa shape index (κ3) is 4.07. The summed E-state index contributed by atoms with van der Waals surface area (Å²) in [6, 6.07) is 0. The summed E-state index contributed by atoms with van der Waals surface area (Å²) >= 11 is 0. The average molecular weight is 454 g/mol. The molecule has 7 nitrogen and oxygen atoms in total. The van der Waals surface area contributed by atoms with Crippen molar-refractivity contribution in [2.24, 2.45) is 33.7 Å². The van der Waals surface area contributed by atoms with E-state index in [1.54, 1.807) is 5.57 Å². The smallest absolute Gasteiger partial charge is 0.139 e. The zero-order valence-corrected chi connectivity index (χ0v) is 20.7. The molecule has 3 unspecified atom stereocenters. The van der Waals surface area contributed by atoms with Gasteiger partial charge in [-0.15, -0.1) is 5.10 Å². The second-order valence-corrected chi connectivity index (χ2v) is 11.5. The summed E-state index contributed by atoms with van der Waals surface area (Å²) < 4.78 is 1.82. The van der Waals surface area contributed by atoms with Gasteiger partial charge in [0.1, 0.15) is 12.4 Å². The number of aromatic nitrogens is 3. The lowest BCUT2D eigenvalue weighted by atomic mass is 9.47. The van der Waals surface area contributed by atoms with Crippen LogP contribution in [0.4, 0.5) is 0 Å². The fourth-order valence-electron chi connectivity index (χ4n) is 7.52. The molecule has 5 atom stereocenters. The summed E-state index contributed by atoms with van der Waals surface area (Å²) in [6.45, 7) is 6.68. The zero-order valence-electron chi connectivity index (χ0n) is 20.7. The number of carbonyl (C=O) groups is 1. The van der Waals surface area contributed by atoms with Gasteiger partial charge in [0, 0.05) is 24.6 Å². The van der Waals surface area contributed by atoms with Crippen molar-refractivity contribution in [2.45, 2.75) is 78.3 Å². The maximum absolute atomic E-state index is 12.6. The Morgan fingerprint density at radius 2 is 1.94 bits per heavy atom. The molecule has 7 heteroatoms. The third-order valence-corrected chi connectivity index (χ3v) is 9.34. The molecule has 3 saturated carbocycles. The largest absolute Gasteiger partial charge is 0.394 e. The summed E-state index contributed by atoms with van der Waals surface area (Å²) in [6.07, 6.45) is 13.0. The third-order valence-electron chi connectivity index (χ3n) is 9.34. The van der Waals surface area contributed by atoms with Crippen LogP contribution in [-0.2, 0) is 22.7 Å². The molecular formula is C26H39N5O2. The second kappa shape index (κ2) is 8.64. The molecular weight excluding hydrogens is 414 g/mol. The van der Waals surface area contributed by atoms with Crippen molar-refractivity contribution in [3.05, 3.63) is 23.5 Å². The molecule has 5 rings (SSSR count). The van der Waals surface area contributed by atoms with E-state index in [1.165, 1.54) is 12.8 Å². The lowest BCUT2D eigenvalue weighted by molar-refractivity contribution is -0.132. The van der Waals surface area contributed by atoms with Crippen LogP contribution < -0.4 is 0 Å². The van der Waals surface area contributed by atoms with E-state index in [0.29, 0.717) is 36.7 Å². The fourth-order valence-corrected chi connectivity index (χ4v) is 7.52. The maximum Gasteiger partial charge on any atom is 0.139 e. The van der Waals surface area contributed by atoms with Crippen molar-refractivity contribution in [1.29, 1.82) is 0 Å². The van der Waals surface area contributed by atoms with Gasteiger partial charge < -0.3 is 9.74 Å². The molecule has 1 aromatic rings. The Balaban J connectivity index is 1.20. The van der Waals surface area contributed by atoms with Crippen molar-refractivity contribution < 1.29 is 9.63 Å². The molecule has 0 N–H and O–H groups in total. The molecule has 0 amide bonds. The molecule has 0 spiro atoms. The first-order valence-electron chi connectivity index (χ1n) is 12.8. The zero-order chi connectivity index (χ0) is 23.2. The van der Waals surface area contributed by atoms with E-state index >= 15 is 0 Å². The van der Waals surface area contributed by atoms with E-state index in [9.17, 15) is 4.79 Å². The number of hydrogen-bond donors (Lipinski definition) is 0. The van der Waals surface area contributed by atoms with Crippen molar-refractivity contribution in [3.8, 4) is 0 Å². The van der Waals surface area contributed by atoms with Gasteiger partial charge in [0.25, 0.3) is 0 Å². The van der Waals surface area contributed by atoms with Crippen LogP contribution in [-0.4, -0.2) is 52.1 Å². The predicted molar refractivity (Wildman–Crippen MR) is 128 cm³/mol. The Morgan fingerprint density at radius 1 is 1.12 bits per heavy atom. The molecule has 180 valence electrons. The molecule has 0 radical (unpaired) electrons. The normalized spacial score (nSPS) is 37.0. The van der Waals surface area contributed by atoms with Gasteiger partial charge in [-0.2, -0.15) is 0 Å². The quantitative estimate of drug-likeness (QED) is 0.476. The molecule has 1 aromatic heterocycles. The number of carbonyl (C=O) groups excluding carboxylic acids is 1. The lowest BCUT2D eigenvalue weighted by Crippen LogP contribution is -2.50. The number of hydrogen-bond acceptors (Lipinski definition) is 6. The molecule has 0 aliphatic heterocycles. The van der Waals surface area contributed by atoms with E-state index in [-0.39, 0.29) is 10.8 Å². The van der Waals surface area contributed by atoms with E-state index in [0.717, 1.165) is 56.5 Å².